The number of carbonyl (C=O) groups excluding carboxylic acids is 1. The number of ether oxygens (including phenoxy) is 1. The number of benzene rings is 1. The van der Waals surface area contributed by atoms with E-state index < -0.39 is 0 Å². The van der Waals surface area contributed by atoms with Gasteiger partial charge in [0.2, 0.25) is 0 Å². The average molecular weight is 166 g/mol. The second-order valence-corrected chi connectivity index (χ2v) is 2.50. The molecular formula is C9H10O3. The molecule has 1 aromatic carbocycles. The molecule has 1 aromatic rings. The number of aromatic hydroxyl groups is 1. The first-order valence-corrected chi connectivity index (χ1v) is 3.52. The van der Waals surface area contributed by atoms with E-state index in [0.29, 0.717) is 12.0 Å². The number of phenolic OH excluding ortho intramolecular Hbond substituents is 1. The third kappa shape index (κ3) is 1.39. The van der Waals surface area contributed by atoms with Crippen LogP contribution in [-0.2, 0) is 0 Å². The van der Waals surface area contributed by atoms with E-state index in [4.69, 9.17) is 4.74 Å². The molecule has 0 aromatic heterocycles. The maximum atomic E-state index is 10.4. The molecule has 0 unspecified atom stereocenters. The van der Waals surface area contributed by atoms with Crippen LogP contribution in [0.4, 0.5) is 0 Å². The summed E-state index contributed by atoms with van der Waals surface area (Å²) in [6.45, 7) is 1.80. The molecule has 0 saturated heterocycles. The number of rotatable bonds is 2. The molecule has 0 heterocycles. The number of hydrogen-bond donors (Lipinski definition) is 1. The van der Waals surface area contributed by atoms with E-state index in [-0.39, 0.29) is 11.3 Å². The van der Waals surface area contributed by atoms with Crippen molar-refractivity contribution in [3.8, 4) is 11.5 Å². The summed E-state index contributed by atoms with van der Waals surface area (Å²) in [6.07, 6.45) is 0.595. The lowest BCUT2D eigenvalue weighted by atomic mass is 10.1. The minimum absolute atomic E-state index is 0.0108. The molecule has 0 aliphatic heterocycles. The fraction of sp³-hybridized carbons (Fsp3) is 0.222. The molecule has 0 aliphatic rings. The third-order valence-electron chi connectivity index (χ3n) is 1.67. The van der Waals surface area contributed by atoms with Crippen molar-refractivity contribution in [2.24, 2.45) is 0 Å². The highest BCUT2D eigenvalue weighted by Gasteiger charge is 2.05. The Morgan fingerprint density at radius 2 is 2.17 bits per heavy atom. The molecular weight excluding hydrogens is 156 g/mol. The van der Waals surface area contributed by atoms with Crippen LogP contribution < -0.4 is 4.74 Å². The summed E-state index contributed by atoms with van der Waals surface area (Å²) < 4.78 is 4.97. The fourth-order valence-electron chi connectivity index (χ4n) is 1.00. The fourth-order valence-corrected chi connectivity index (χ4v) is 1.00. The smallest absolute Gasteiger partial charge is 0.153 e. The Labute approximate surface area is 70.6 Å². The van der Waals surface area contributed by atoms with E-state index in [9.17, 15) is 9.90 Å². The highest BCUT2D eigenvalue weighted by atomic mass is 16.5. The first kappa shape index (κ1) is 8.59. The van der Waals surface area contributed by atoms with Gasteiger partial charge >= 0.3 is 0 Å². The number of methoxy groups -OCH3 is 1. The van der Waals surface area contributed by atoms with Crippen molar-refractivity contribution in [2.75, 3.05) is 7.11 Å². The lowest BCUT2D eigenvalue weighted by Crippen LogP contribution is -1.90. The zero-order valence-corrected chi connectivity index (χ0v) is 7.00. The van der Waals surface area contributed by atoms with Gasteiger partial charge < -0.3 is 9.84 Å². The normalized spacial score (nSPS) is 9.50. The van der Waals surface area contributed by atoms with Gasteiger partial charge in [-0.05, 0) is 24.6 Å². The molecule has 0 aliphatic carbocycles. The highest BCUT2D eigenvalue weighted by Crippen LogP contribution is 2.25. The molecule has 12 heavy (non-hydrogen) atoms. The van der Waals surface area contributed by atoms with Gasteiger partial charge in [-0.25, -0.2) is 0 Å². The van der Waals surface area contributed by atoms with Crippen LogP contribution in [0.2, 0.25) is 0 Å². The van der Waals surface area contributed by atoms with E-state index in [0.717, 1.165) is 5.56 Å². The maximum Gasteiger partial charge on any atom is 0.153 e. The minimum Gasteiger partial charge on any atom is -0.507 e. The summed E-state index contributed by atoms with van der Waals surface area (Å²) in [6, 6.07) is 3.01. The number of aldehydes is 1. The molecule has 1 rings (SSSR count). The van der Waals surface area contributed by atoms with Crippen LogP contribution in [0.5, 0.6) is 11.5 Å². The Bertz CT molecular complexity index is 305. The number of aryl methyl sites for hydroxylation is 1. The van der Waals surface area contributed by atoms with Crippen molar-refractivity contribution in [1.82, 2.24) is 0 Å². The summed E-state index contributed by atoms with van der Waals surface area (Å²) in [7, 11) is 1.52. The molecule has 64 valence electrons. The van der Waals surface area contributed by atoms with Crippen molar-refractivity contribution < 1.29 is 14.6 Å². The standard InChI is InChI=1S/C9H10O3/c1-6-3-8(11)7(5-10)4-9(6)12-2/h3-5,11H,1-2H3. The number of hydrogen-bond acceptors (Lipinski definition) is 3. The molecule has 0 spiro atoms. The van der Waals surface area contributed by atoms with Gasteiger partial charge in [-0.2, -0.15) is 0 Å². The lowest BCUT2D eigenvalue weighted by molar-refractivity contribution is 0.112. The van der Waals surface area contributed by atoms with Crippen molar-refractivity contribution >= 4 is 6.29 Å². The Morgan fingerprint density at radius 3 is 2.67 bits per heavy atom. The van der Waals surface area contributed by atoms with Gasteiger partial charge in [-0.3, -0.25) is 4.79 Å². The Morgan fingerprint density at radius 1 is 1.50 bits per heavy atom. The molecule has 0 atom stereocenters. The molecule has 0 saturated carbocycles. The predicted molar refractivity (Wildman–Crippen MR) is 44.8 cm³/mol. The van der Waals surface area contributed by atoms with Crippen LogP contribution in [0, 0.1) is 6.92 Å². The van der Waals surface area contributed by atoms with E-state index >= 15 is 0 Å². The third-order valence-corrected chi connectivity index (χ3v) is 1.67. The van der Waals surface area contributed by atoms with E-state index in [1.54, 1.807) is 6.92 Å². The quantitative estimate of drug-likeness (QED) is 0.677. The molecule has 0 bridgehead atoms. The van der Waals surface area contributed by atoms with Crippen LogP contribution in [0.15, 0.2) is 12.1 Å². The monoisotopic (exact) mass is 166 g/mol. The largest absolute Gasteiger partial charge is 0.507 e. The second kappa shape index (κ2) is 3.26. The summed E-state index contributed by atoms with van der Waals surface area (Å²) >= 11 is 0. The van der Waals surface area contributed by atoms with Crippen LogP contribution >= 0.6 is 0 Å². The summed E-state index contributed by atoms with van der Waals surface area (Å²) in [5, 5.41) is 9.22. The van der Waals surface area contributed by atoms with Gasteiger partial charge in [0.05, 0.1) is 12.7 Å². The van der Waals surface area contributed by atoms with Crippen molar-refractivity contribution in [1.29, 1.82) is 0 Å². The van der Waals surface area contributed by atoms with Gasteiger partial charge in [0.25, 0.3) is 0 Å². The van der Waals surface area contributed by atoms with Gasteiger partial charge in [0, 0.05) is 0 Å². The summed E-state index contributed by atoms with van der Waals surface area (Å²) in [4.78, 5) is 10.4. The van der Waals surface area contributed by atoms with Crippen LogP contribution in [-0.4, -0.2) is 18.5 Å². The van der Waals surface area contributed by atoms with Crippen molar-refractivity contribution in [3.63, 3.8) is 0 Å². The maximum absolute atomic E-state index is 10.4. The van der Waals surface area contributed by atoms with Gasteiger partial charge in [0.1, 0.15) is 11.5 Å². The highest BCUT2D eigenvalue weighted by molar-refractivity contribution is 5.80. The average Bonchev–Trinajstić information content (AvgIpc) is 2.05. The molecule has 0 fully saturated rings. The van der Waals surface area contributed by atoms with E-state index in [2.05, 4.69) is 0 Å². The molecule has 3 nitrogen and oxygen atoms in total. The summed E-state index contributed by atoms with van der Waals surface area (Å²) in [5.74, 6) is 0.596. The molecule has 0 radical (unpaired) electrons. The minimum atomic E-state index is -0.0108. The van der Waals surface area contributed by atoms with Gasteiger partial charge in [-0.1, -0.05) is 0 Å². The second-order valence-electron chi connectivity index (χ2n) is 2.50. The zero-order valence-electron chi connectivity index (χ0n) is 7.00. The zero-order chi connectivity index (χ0) is 9.14. The molecule has 0 amide bonds. The summed E-state index contributed by atoms with van der Waals surface area (Å²) in [5.41, 5.74) is 1.05. The van der Waals surface area contributed by atoms with Crippen LogP contribution in [0.3, 0.4) is 0 Å². The Hall–Kier alpha value is -1.51. The topological polar surface area (TPSA) is 46.5 Å². The van der Waals surface area contributed by atoms with Crippen molar-refractivity contribution in [3.05, 3.63) is 23.3 Å². The van der Waals surface area contributed by atoms with E-state index in [1.807, 2.05) is 0 Å². The predicted octanol–water partition coefficient (Wildman–Crippen LogP) is 1.52. The van der Waals surface area contributed by atoms with Crippen LogP contribution in [0.1, 0.15) is 15.9 Å². The SMILES string of the molecule is COc1cc(C=O)c(O)cc1C. The first-order chi connectivity index (χ1) is 5.69. The lowest BCUT2D eigenvalue weighted by Gasteiger charge is -2.05. The Kier molecular flexibility index (Phi) is 2.33. The molecule has 1 N–H and O–H groups in total. The van der Waals surface area contributed by atoms with Crippen molar-refractivity contribution in [2.45, 2.75) is 6.92 Å². The first-order valence-electron chi connectivity index (χ1n) is 3.52. The van der Waals surface area contributed by atoms with Gasteiger partial charge in [-0.15, -0.1) is 0 Å². The van der Waals surface area contributed by atoms with E-state index in [1.165, 1.54) is 19.2 Å². The van der Waals surface area contributed by atoms with Crippen LogP contribution in [0.25, 0.3) is 0 Å². The molecule has 3 heteroatoms. The Balaban J connectivity index is 3.26. The van der Waals surface area contributed by atoms with Gasteiger partial charge in [0.15, 0.2) is 6.29 Å². The number of carbonyl (C=O) groups is 1. The number of phenols is 1.